The van der Waals surface area contributed by atoms with Crippen LogP contribution < -0.4 is 0 Å². The molecule has 0 aliphatic rings. The zero-order valence-corrected chi connectivity index (χ0v) is 13.8. The molecular weight excluding hydrogens is 323 g/mol. The van der Waals surface area contributed by atoms with Gasteiger partial charge in [-0.25, -0.2) is 9.07 Å². The lowest BCUT2D eigenvalue weighted by Crippen LogP contribution is -2.00. The summed E-state index contributed by atoms with van der Waals surface area (Å²) in [5.74, 6) is -0.249. The molecule has 1 heterocycles. The van der Waals surface area contributed by atoms with E-state index in [2.05, 4.69) is 5.10 Å². The maximum atomic E-state index is 14.4. The first-order chi connectivity index (χ1) is 11.6. The zero-order chi connectivity index (χ0) is 16.7. The molecule has 4 rings (SSSR count). The van der Waals surface area contributed by atoms with Gasteiger partial charge in [-0.05, 0) is 53.9 Å². The van der Waals surface area contributed by atoms with Crippen LogP contribution in [0.3, 0.4) is 0 Å². The van der Waals surface area contributed by atoms with Crippen LogP contribution in [0.1, 0.15) is 5.56 Å². The Kier molecular flexibility index (Phi) is 3.58. The summed E-state index contributed by atoms with van der Waals surface area (Å²) in [5, 5.41) is 6.02. The summed E-state index contributed by atoms with van der Waals surface area (Å²) < 4.78 is 16.0. The smallest absolute Gasteiger partial charge is 0.151 e. The number of halogens is 2. The first-order valence-electron chi connectivity index (χ1n) is 7.63. The molecule has 1 aromatic heterocycles. The average molecular weight is 337 g/mol. The van der Waals surface area contributed by atoms with Crippen LogP contribution in [0.15, 0.2) is 66.9 Å². The molecule has 2 nitrogen and oxygen atoms in total. The van der Waals surface area contributed by atoms with Crippen LogP contribution in [0.4, 0.5) is 4.39 Å². The molecule has 4 heteroatoms. The molecule has 0 bridgehead atoms. The third-order valence-electron chi connectivity index (χ3n) is 4.13. The highest BCUT2D eigenvalue weighted by Gasteiger charge is 2.11. The molecule has 4 aromatic rings. The Hall–Kier alpha value is -2.65. The van der Waals surface area contributed by atoms with E-state index >= 15 is 0 Å². The van der Waals surface area contributed by atoms with Gasteiger partial charge in [-0.2, -0.15) is 5.10 Å². The van der Waals surface area contributed by atoms with Crippen molar-refractivity contribution in [1.82, 2.24) is 9.78 Å². The Bertz CT molecular complexity index is 1050. The maximum Gasteiger partial charge on any atom is 0.151 e. The predicted octanol–water partition coefficient (Wildman–Crippen LogP) is 5.79. The normalized spacial score (nSPS) is 11.1. The van der Waals surface area contributed by atoms with Crippen LogP contribution in [0.5, 0.6) is 0 Å². The van der Waals surface area contributed by atoms with Crippen LogP contribution >= 0.6 is 11.6 Å². The second-order valence-electron chi connectivity index (χ2n) is 5.75. The SMILES string of the molecule is Cc1cccc(-n2ncc3cc(-c4cccc(Cl)c4)ccc32)c1F. The summed E-state index contributed by atoms with van der Waals surface area (Å²) >= 11 is 6.07. The molecule has 0 aliphatic carbocycles. The second kappa shape index (κ2) is 5.77. The fourth-order valence-electron chi connectivity index (χ4n) is 2.87. The van der Waals surface area contributed by atoms with Crippen molar-refractivity contribution in [2.24, 2.45) is 0 Å². The van der Waals surface area contributed by atoms with Crippen LogP contribution in [0, 0.1) is 12.7 Å². The molecule has 0 saturated heterocycles. The lowest BCUT2D eigenvalue weighted by Gasteiger charge is -2.08. The molecule has 0 saturated carbocycles. The molecule has 0 aliphatic heterocycles. The summed E-state index contributed by atoms with van der Waals surface area (Å²) in [7, 11) is 0. The third kappa shape index (κ3) is 2.47. The van der Waals surface area contributed by atoms with Gasteiger partial charge in [0.25, 0.3) is 0 Å². The molecule has 0 atom stereocenters. The fraction of sp³-hybridized carbons (Fsp3) is 0.0500. The Morgan fingerprint density at radius 2 is 1.75 bits per heavy atom. The maximum absolute atomic E-state index is 14.4. The number of hydrogen-bond donors (Lipinski definition) is 0. The van der Waals surface area contributed by atoms with E-state index in [-0.39, 0.29) is 5.82 Å². The average Bonchev–Trinajstić information content (AvgIpc) is 3.00. The van der Waals surface area contributed by atoms with Crippen LogP contribution in [-0.4, -0.2) is 9.78 Å². The minimum atomic E-state index is -0.249. The molecule has 3 aromatic carbocycles. The van der Waals surface area contributed by atoms with E-state index in [9.17, 15) is 4.39 Å². The standard InChI is InChI=1S/C20H14ClFN2/c1-13-4-2-7-19(20(13)22)24-18-9-8-15(10-16(18)12-23-24)14-5-3-6-17(21)11-14/h2-12H,1H3. The highest BCUT2D eigenvalue weighted by Crippen LogP contribution is 2.28. The Morgan fingerprint density at radius 3 is 2.58 bits per heavy atom. The molecular formula is C20H14ClFN2. The van der Waals surface area contributed by atoms with Gasteiger partial charge in [-0.15, -0.1) is 0 Å². The van der Waals surface area contributed by atoms with Crippen molar-refractivity contribution < 1.29 is 4.39 Å². The van der Waals surface area contributed by atoms with Gasteiger partial charge >= 0.3 is 0 Å². The molecule has 0 amide bonds. The Labute approximate surface area is 144 Å². The van der Waals surface area contributed by atoms with Crippen molar-refractivity contribution in [2.75, 3.05) is 0 Å². The highest BCUT2D eigenvalue weighted by molar-refractivity contribution is 6.30. The van der Waals surface area contributed by atoms with E-state index in [4.69, 9.17) is 11.6 Å². The van der Waals surface area contributed by atoms with Gasteiger partial charge in [-0.3, -0.25) is 0 Å². The van der Waals surface area contributed by atoms with Crippen molar-refractivity contribution in [3.63, 3.8) is 0 Å². The van der Waals surface area contributed by atoms with Crippen molar-refractivity contribution in [1.29, 1.82) is 0 Å². The summed E-state index contributed by atoms with van der Waals surface area (Å²) in [5.41, 5.74) is 4.02. The van der Waals surface area contributed by atoms with E-state index < -0.39 is 0 Å². The molecule has 0 radical (unpaired) electrons. The Morgan fingerprint density at radius 1 is 0.958 bits per heavy atom. The van der Waals surface area contributed by atoms with E-state index in [0.717, 1.165) is 22.0 Å². The van der Waals surface area contributed by atoms with Crippen LogP contribution in [0.2, 0.25) is 5.02 Å². The summed E-state index contributed by atoms with van der Waals surface area (Å²) in [4.78, 5) is 0. The zero-order valence-electron chi connectivity index (χ0n) is 13.0. The lowest BCUT2D eigenvalue weighted by atomic mass is 10.0. The molecule has 118 valence electrons. The number of fused-ring (bicyclic) bond motifs is 1. The van der Waals surface area contributed by atoms with Gasteiger partial charge < -0.3 is 0 Å². The van der Waals surface area contributed by atoms with Gasteiger partial charge in [0.15, 0.2) is 5.82 Å². The minimum Gasteiger partial charge on any atom is -0.230 e. The highest BCUT2D eigenvalue weighted by atomic mass is 35.5. The van der Waals surface area contributed by atoms with Crippen LogP contribution in [-0.2, 0) is 0 Å². The molecule has 0 unspecified atom stereocenters. The molecule has 0 N–H and O–H groups in total. The van der Waals surface area contributed by atoms with E-state index in [0.29, 0.717) is 16.3 Å². The van der Waals surface area contributed by atoms with Gasteiger partial charge in [0, 0.05) is 10.4 Å². The number of nitrogens with zero attached hydrogens (tertiary/aromatic N) is 2. The number of rotatable bonds is 2. The number of aryl methyl sites for hydroxylation is 1. The van der Waals surface area contributed by atoms with Crippen molar-refractivity contribution >= 4 is 22.5 Å². The molecule has 0 spiro atoms. The topological polar surface area (TPSA) is 17.8 Å². The summed E-state index contributed by atoms with van der Waals surface area (Å²) in [6, 6.07) is 19.0. The van der Waals surface area contributed by atoms with E-state index in [1.165, 1.54) is 0 Å². The minimum absolute atomic E-state index is 0.249. The van der Waals surface area contributed by atoms with Crippen molar-refractivity contribution in [2.45, 2.75) is 6.92 Å². The number of benzene rings is 3. The second-order valence-corrected chi connectivity index (χ2v) is 6.18. The first kappa shape index (κ1) is 14.9. The lowest BCUT2D eigenvalue weighted by molar-refractivity contribution is 0.604. The van der Waals surface area contributed by atoms with Crippen molar-refractivity contribution in [3.05, 3.63) is 83.3 Å². The van der Waals surface area contributed by atoms with E-state index in [1.807, 2.05) is 48.5 Å². The third-order valence-corrected chi connectivity index (χ3v) is 4.36. The van der Waals surface area contributed by atoms with Crippen molar-refractivity contribution in [3.8, 4) is 16.8 Å². The van der Waals surface area contributed by atoms with Gasteiger partial charge in [-0.1, -0.05) is 41.9 Å². The molecule has 0 fully saturated rings. The van der Waals surface area contributed by atoms with Gasteiger partial charge in [0.05, 0.1) is 11.7 Å². The monoisotopic (exact) mass is 336 g/mol. The quantitative estimate of drug-likeness (QED) is 0.453. The largest absolute Gasteiger partial charge is 0.230 e. The summed E-state index contributed by atoms with van der Waals surface area (Å²) in [6.45, 7) is 1.75. The van der Waals surface area contributed by atoms with Gasteiger partial charge in [0.1, 0.15) is 5.69 Å². The van der Waals surface area contributed by atoms with E-state index in [1.54, 1.807) is 29.9 Å². The Balaban J connectivity index is 1.86. The number of hydrogen-bond acceptors (Lipinski definition) is 1. The number of aromatic nitrogens is 2. The van der Waals surface area contributed by atoms with Gasteiger partial charge in [0.2, 0.25) is 0 Å². The predicted molar refractivity (Wildman–Crippen MR) is 96.2 cm³/mol. The molecule has 24 heavy (non-hydrogen) atoms. The fourth-order valence-corrected chi connectivity index (χ4v) is 3.06. The summed E-state index contributed by atoms with van der Waals surface area (Å²) in [6.07, 6.45) is 1.76. The van der Waals surface area contributed by atoms with Crippen LogP contribution in [0.25, 0.3) is 27.7 Å². The first-order valence-corrected chi connectivity index (χ1v) is 8.00.